The smallest absolute Gasteiger partial charge is 0.242 e. The zero-order chi connectivity index (χ0) is 25.4. The van der Waals surface area contributed by atoms with Gasteiger partial charge in [-0.2, -0.15) is 0 Å². The molecule has 1 atom stereocenters. The van der Waals surface area contributed by atoms with Crippen LogP contribution in [0.2, 0.25) is 0 Å². The van der Waals surface area contributed by atoms with Crippen molar-refractivity contribution < 1.29 is 9.59 Å². The molecule has 0 radical (unpaired) electrons. The van der Waals surface area contributed by atoms with Gasteiger partial charge in [-0.15, -0.1) is 0 Å². The molecule has 0 aliphatic heterocycles. The molecular formula is C24H35N9O2. The van der Waals surface area contributed by atoms with Gasteiger partial charge in [0.1, 0.15) is 17.4 Å². The number of imidazole rings is 1. The number of pyridine rings is 1. The zero-order valence-electron chi connectivity index (χ0n) is 20.4. The van der Waals surface area contributed by atoms with E-state index in [4.69, 9.17) is 22.2 Å². The minimum Gasteiger partial charge on any atom is -0.382 e. The first-order valence-electron chi connectivity index (χ1n) is 11.9. The van der Waals surface area contributed by atoms with E-state index in [1.807, 2.05) is 24.3 Å². The maximum absolute atomic E-state index is 12.6. The van der Waals surface area contributed by atoms with Gasteiger partial charge in [0, 0.05) is 38.4 Å². The van der Waals surface area contributed by atoms with Crippen molar-refractivity contribution in [3.63, 3.8) is 0 Å². The van der Waals surface area contributed by atoms with Crippen LogP contribution < -0.4 is 27.8 Å². The molecule has 0 unspecified atom stereocenters. The second-order valence-corrected chi connectivity index (χ2v) is 8.44. The van der Waals surface area contributed by atoms with Gasteiger partial charge < -0.3 is 32.4 Å². The molecule has 3 rings (SSSR count). The summed E-state index contributed by atoms with van der Waals surface area (Å²) in [5.41, 5.74) is 19.4. The van der Waals surface area contributed by atoms with E-state index in [0.717, 1.165) is 53.6 Å². The first-order chi connectivity index (χ1) is 16.8. The number of carbonyl (C=O) groups excluding carboxylic acids is 2. The Morgan fingerprint density at radius 1 is 1.14 bits per heavy atom. The number of nitrogens with one attached hydrogen (secondary N) is 2. The molecule has 0 saturated heterocycles. The van der Waals surface area contributed by atoms with Gasteiger partial charge in [0.15, 0.2) is 11.8 Å². The van der Waals surface area contributed by atoms with E-state index in [2.05, 4.69) is 32.1 Å². The second-order valence-electron chi connectivity index (χ2n) is 8.44. The highest BCUT2D eigenvalue weighted by molar-refractivity contribution is 6.06. The average molecular weight is 482 g/mol. The van der Waals surface area contributed by atoms with Crippen molar-refractivity contribution in [1.82, 2.24) is 25.2 Å². The van der Waals surface area contributed by atoms with E-state index >= 15 is 0 Å². The Balaban J connectivity index is 1.60. The van der Waals surface area contributed by atoms with Crippen molar-refractivity contribution in [3.05, 3.63) is 30.1 Å². The van der Waals surface area contributed by atoms with Crippen LogP contribution in [0.3, 0.4) is 0 Å². The number of carbonyl (C=O) groups is 2. The standard InChI is InChI=1S/C24H35N9O2/c1-3-19-32-20-21(16-9-4-5-10-17(16)31-22(20)25)33(19)14-7-6-12-28-23(35)18(30-15(2)34)11-8-13-29-24(26)27/h4-5,9-10,18H,3,6-8,11-14H2,1-2H3,(H2,25,31)(H,28,35)(H,30,34)(H4,26,27,29)/t18-/m0/s1. The van der Waals surface area contributed by atoms with Crippen LogP contribution in [0.1, 0.15) is 45.4 Å². The lowest BCUT2D eigenvalue weighted by atomic mass is 10.1. The van der Waals surface area contributed by atoms with Crippen LogP contribution in [0, 0.1) is 0 Å². The third-order valence-corrected chi connectivity index (χ3v) is 5.75. The average Bonchev–Trinajstić information content (AvgIpc) is 3.20. The van der Waals surface area contributed by atoms with Crippen LogP contribution in [0.15, 0.2) is 29.3 Å². The van der Waals surface area contributed by atoms with Gasteiger partial charge in [-0.05, 0) is 31.7 Å². The fourth-order valence-electron chi connectivity index (χ4n) is 4.16. The lowest BCUT2D eigenvalue weighted by Crippen LogP contribution is -2.46. The molecule has 2 heterocycles. The largest absolute Gasteiger partial charge is 0.382 e. The Morgan fingerprint density at radius 3 is 2.63 bits per heavy atom. The quantitative estimate of drug-likeness (QED) is 0.146. The van der Waals surface area contributed by atoms with Crippen LogP contribution in [0.5, 0.6) is 0 Å². The molecule has 188 valence electrons. The van der Waals surface area contributed by atoms with Crippen LogP contribution >= 0.6 is 0 Å². The molecule has 0 aliphatic carbocycles. The van der Waals surface area contributed by atoms with Gasteiger partial charge in [-0.3, -0.25) is 14.6 Å². The highest BCUT2D eigenvalue weighted by atomic mass is 16.2. The minimum absolute atomic E-state index is 0.00868. The molecule has 3 aromatic rings. The highest BCUT2D eigenvalue weighted by Crippen LogP contribution is 2.29. The number of rotatable bonds is 12. The maximum Gasteiger partial charge on any atom is 0.242 e. The van der Waals surface area contributed by atoms with Crippen molar-refractivity contribution in [2.75, 3.05) is 18.8 Å². The highest BCUT2D eigenvalue weighted by Gasteiger charge is 2.19. The molecule has 35 heavy (non-hydrogen) atoms. The normalized spacial score (nSPS) is 11.9. The summed E-state index contributed by atoms with van der Waals surface area (Å²) in [7, 11) is 0. The molecule has 2 amide bonds. The number of aryl methyl sites for hydroxylation is 2. The Hall–Kier alpha value is -3.89. The summed E-state index contributed by atoms with van der Waals surface area (Å²) in [6.45, 7) is 5.11. The Morgan fingerprint density at radius 2 is 1.91 bits per heavy atom. The first-order valence-corrected chi connectivity index (χ1v) is 11.9. The summed E-state index contributed by atoms with van der Waals surface area (Å²) < 4.78 is 2.21. The van der Waals surface area contributed by atoms with E-state index in [9.17, 15) is 9.59 Å². The van der Waals surface area contributed by atoms with Gasteiger partial charge in [0.05, 0.1) is 11.0 Å². The molecule has 0 fully saturated rings. The fraction of sp³-hybridized carbons (Fsp3) is 0.458. The van der Waals surface area contributed by atoms with Gasteiger partial charge in [0.2, 0.25) is 11.8 Å². The predicted molar refractivity (Wildman–Crippen MR) is 139 cm³/mol. The number of nitrogen functional groups attached to an aromatic ring is 1. The van der Waals surface area contributed by atoms with Gasteiger partial charge in [-0.1, -0.05) is 25.1 Å². The number of nitrogens with two attached hydrogens (primary N) is 3. The number of benzene rings is 1. The van der Waals surface area contributed by atoms with Crippen LogP contribution in [-0.2, 0) is 22.6 Å². The molecule has 11 nitrogen and oxygen atoms in total. The van der Waals surface area contributed by atoms with E-state index in [-0.39, 0.29) is 17.8 Å². The Kier molecular flexibility index (Phi) is 8.82. The molecule has 0 bridgehead atoms. The Labute approximate surface area is 204 Å². The van der Waals surface area contributed by atoms with Crippen molar-refractivity contribution >= 4 is 45.5 Å². The van der Waals surface area contributed by atoms with Gasteiger partial charge in [-0.25, -0.2) is 9.97 Å². The molecular weight excluding hydrogens is 446 g/mol. The fourth-order valence-corrected chi connectivity index (χ4v) is 4.16. The zero-order valence-corrected chi connectivity index (χ0v) is 20.4. The summed E-state index contributed by atoms with van der Waals surface area (Å²) in [6.07, 6.45) is 3.41. The summed E-state index contributed by atoms with van der Waals surface area (Å²) in [5.74, 6) is 0.933. The van der Waals surface area contributed by atoms with E-state index in [1.165, 1.54) is 6.92 Å². The number of fused-ring (bicyclic) bond motifs is 3. The molecule has 1 aromatic carbocycles. The predicted octanol–water partition coefficient (Wildman–Crippen LogP) is 1.18. The second kappa shape index (κ2) is 12.0. The van der Waals surface area contributed by atoms with E-state index in [1.54, 1.807) is 0 Å². The molecule has 0 saturated carbocycles. The molecule has 0 aliphatic rings. The number of hydrogen-bond acceptors (Lipinski definition) is 6. The topological polar surface area (TPSA) is 179 Å². The third-order valence-electron chi connectivity index (χ3n) is 5.75. The van der Waals surface area contributed by atoms with Gasteiger partial charge >= 0.3 is 0 Å². The number of anilines is 1. The third kappa shape index (κ3) is 6.58. The number of hydrogen-bond donors (Lipinski definition) is 5. The lowest BCUT2D eigenvalue weighted by Gasteiger charge is -2.17. The number of aliphatic imine (C=N–C) groups is 1. The van der Waals surface area contributed by atoms with Crippen molar-refractivity contribution in [2.45, 2.75) is 58.5 Å². The minimum atomic E-state index is -0.618. The summed E-state index contributed by atoms with van der Waals surface area (Å²) in [4.78, 5) is 37.3. The van der Waals surface area contributed by atoms with Crippen molar-refractivity contribution in [1.29, 1.82) is 0 Å². The molecule has 2 aromatic heterocycles. The van der Waals surface area contributed by atoms with Crippen LogP contribution in [-0.4, -0.2) is 51.4 Å². The van der Waals surface area contributed by atoms with E-state index in [0.29, 0.717) is 31.7 Å². The SMILES string of the molecule is CCc1nc2c(N)nc3ccccc3c2n1CCCCNC(=O)[C@H](CCCN=C(N)N)NC(C)=O. The number of aromatic nitrogens is 3. The van der Waals surface area contributed by atoms with Crippen LogP contribution in [0.4, 0.5) is 5.82 Å². The molecule has 8 N–H and O–H groups in total. The lowest BCUT2D eigenvalue weighted by molar-refractivity contribution is -0.128. The monoisotopic (exact) mass is 481 g/mol. The van der Waals surface area contributed by atoms with Crippen LogP contribution in [0.25, 0.3) is 21.9 Å². The number of guanidine groups is 1. The maximum atomic E-state index is 12.6. The molecule has 0 spiro atoms. The first kappa shape index (κ1) is 25.7. The summed E-state index contributed by atoms with van der Waals surface area (Å²) in [5, 5.41) is 6.65. The Bertz CT molecular complexity index is 1210. The molecule has 11 heteroatoms. The van der Waals surface area contributed by atoms with Gasteiger partial charge in [0.25, 0.3) is 0 Å². The van der Waals surface area contributed by atoms with Crippen molar-refractivity contribution in [2.24, 2.45) is 16.5 Å². The number of unbranched alkanes of at least 4 members (excludes halogenated alkanes) is 1. The number of nitrogens with zero attached hydrogens (tertiary/aromatic N) is 4. The van der Waals surface area contributed by atoms with E-state index < -0.39 is 6.04 Å². The number of para-hydroxylation sites is 1. The summed E-state index contributed by atoms with van der Waals surface area (Å²) in [6, 6.07) is 7.30. The number of amides is 2. The van der Waals surface area contributed by atoms with Crippen molar-refractivity contribution in [3.8, 4) is 0 Å². The summed E-state index contributed by atoms with van der Waals surface area (Å²) >= 11 is 0.